The van der Waals surface area contributed by atoms with Crippen LogP contribution in [0.15, 0.2) is 54.6 Å². The first-order valence-corrected chi connectivity index (χ1v) is 6.24. The lowest BCUT2D eigenvalue weighted by Gasteiger charge is -2.27. The number of aliphatic hydroxyl groups is 1. The molecule has 0 radical (unpaired) electrons. The highest BCUT2D eigenvalue weighted by molar-refractivity contribution is 5.34. The van der Waals surface area contributed by atoms with Crippen LogP contribution in [0.4, 0.5) is 0 Å². The third-order valence-electron chi connectivity index (χ3n) is 3.44. The van der Waals surface area contributed by atoms with Crippen LogP contribution in [0.3, 0.4) is 0 Å². The highest BCUT2D eigenvalue weighted by atomic mass is 16.3. The second-order valence-electron chi connectivity index (χ2n) is 4.46. The minimum Gasteiger partial charge on any atom is -0.396 e. The maximum atomic E-state index is 9.56. The van der Waals surface area contributed by atoms with Crippen LogP contribution in [-0.2, 0) is 0 Å². The Labute approximate surface area is 103 Å². The largest absolute Gasteiger partial charge is 0.396 e. The van der Waals surface area contributed by atoms with Gasteiger partial charge in [0, 0.05) is 6.61 Å². The molecule has 2 rings (SSSR count). The van der Waals surface area contributed by atoms with Crippen LogP contribution in [-0.4, -0.2) is 11.7 Å². The summed E-state index contributed by atoms with van der Waals surface area (Å²) >= 11 is 0. The molecule has 1 heteroatoms. The molecular weight excluding hydrogens is 208 g/mol. The van der Waals surface area contributed by atoms with Crippen molar-refractivity contribution in [2.75, 3.05) is 6.61 Å². The van der Waals surface area contributed by atoms with E-state index in [4.69, 9.17) is 0 Å². The second-order valence-corrected chi connectivity index (χ2v) is 4.46. The van der Waals surface area contributed by atoms with Crippen molar-refractivity contribution in [1.82, 2.24) is 0 Å². The van der Waals surface area contributed by atoms with E-state index in [1.54, 1.807) is 0 Å². The molecule has 0 heterocycles. The molecule has 0 unspecified atom stereocenters. The standard InChI is InChI=1S/C16H19O/c1-2-13(12-17)16(15-10-6-7-11-15)14-8-4-3-5-9-14/h3-11,13,16-17H,2,12H2,1H3/q-1/t13-,16-/m0/s1. The summed E-state index contributed by atoms with van der Waals surface area (Å²) in [5, 5.41) is 9.56. The lowest BCUT2D eigenvalue weighted by atomic mass is 9.81. The first-order chi connectivity index (χ1) is 8.36. The third-order valence-corrected chi connectivity index (χ3v) is 3.44. The maximum Gasteiger partial charge on any atom is 0.0467 e. The van der Waals surface area contributed by atoms with Crippen LogP contribution in [0.25, 0.3) is 0 Å². The molecular formula is C16H19O-. The van der Waals surface area contributed by atoms with Crippen LogP contribution in [0.5, 0.6) is 0 Å². The maximum absolute atomic E-state index is 9.56. The summed E-state index contributed by atoms with van der Waals surface area (Å²) in [6, 6.07) is 18.9. The molecule has 0 bridgehead atoms. The zero-order chi connectivity index (χ0) is 12.1. The van der Waals surface area contributed by atoms with Crippen molar-refractivity contribution >= 4 is 0 Å². The number of hydrogen-bond donors (Lipinski definition) is 1. The Bertz CT molecular complexity index is 412. The second kappa shape index (κ2) is 5.74. The van der Waals surface area contributed by atoms with Gasteiger partial charge in [0.25, 0.3) is 0 Å². The van der Waals surface area contributed by atoms with Gasteiger partial charge < -0.3 is 5.11 Å². The van der Waals surface area contributed by atoms with Gasteiger partial charge in [-0.3, -0.25) is 0 Å². The van der Waals surface area contributed by atoms with Gasteiger partial charge in [0.15, 0.2) is 0 Å². The average molecular weight is 227 g/mol. The summed E-state index contributed by atoms with van der Waals surface area (Å²) in [6.45, 7) is 2.38. The Hall–Kier alpha value is -1.47. The molecule has 0 amide bonds. The fourth-order valence-corrected chi connectivity index (χ4v) is 2.46. The Morgan fingerprint density at radius 2 is 1.88 bits per heavy atom. The van der Waals surface area contributed by atoms with E-state index in [0.717, 1.165) is 6.42 Å². The van der Waals surface area contributed by atoms with Crippen LogP contribution in [0.2, 0.25) is 0 Å². The van der Waals surface area contributed by atoms with Gasteiger partial charge in [-0.25, -0.2) is 12.1 Å². The predicted octanol–water partition coefficient (Wildman–Crippen LogP) is 3.56. The Morgan fingerprint density at radius 1 is 1.12 bits per heavy atom. The molecule has 0 fully saturated rings. The molecule has 0 aliphatic rings. The van der Waals surface area contributed by atoms with E-state index in [0.29, 0.717) is 11.8 Å². The first-order valence-electron chi connectivity index (χ1n) is 6.24. The molecule has 90 valence electrons. The molecule has 0 saturated carbocycles. The van der Waals surface area contributed by atoms with Gasteiger partial charge in [-0.15, -0.1) is 0 Å². The fraction of sp³-hybridized carbons (Fsp3) is 0.312. The van der Waals surface area contributed by atoms with Gasteiger partial charge in [0.1, 0.15) is 0 Å². The van der Waals surface area contributed by atoms with E-state index < -0.39 is 0 Å². The highest BCUT2D eigenvalue weighted by Gasteiger charge is 2.20. The first kappa shape index (κ1) is 12.0. The zero-order valence-corrected chi connectivity index (χ0v) is 10.2. The molecule has 0 saturated heterocycles. The van der Waals surface area contributed by atoms with Gasteiger partial charge in [-0.05, 0) is 17.4 Å². The quantitative estimate of drug-likeness (QED) is 0.774. The van der Waals surface area contributed by atoms with Crippen molar-refractivity contribution in [2.45, 2.75) is 19.3 Å². The van der Waals surface area contributed by atoms with Crippen molar-refractivity contribution < 1.29 is 5.11 Å². The van der Waals surface area contributed by atoms with Gasteiger partial charge in [0.2, 0.25) is 0 Å². The lowest BCUT2D eigenvalue weighted by Crippen LogP contribution is -2.17. The molecule has 0 spiro atoms. The van der Waals surface area contributed by atoms with E-state index in [-0.39, 0.29) is 6.61 Å². The van der Waals surface area contributed by atoms with Gasteiger partial charge in [-0.1, -0.05) is 43.7 Å². The normalized spacial score (nSPS) is 14.5. The van der Waals surface area contributed by atoms with Crippen LogP contribution >= 0.6 is 0 Å². The molecule has 2 atom stereocenters. The summed E-state index contributed by atoms with van der Waals surface area (Å²) in [7, 11) is 0. The van der Waals surface area contributed by atoms with Gasteiger partial charge >= 0.3 is 0 Å². The van der Waals surface area contributed by atoms with E-state index >= 15 is 0 Å². The van der Waals surface area contributed by atoms with Crippen molar-refractivity contribution in [2.24, 2.45) is 5.92 Å². The molecule has 2 aromatic carbocycles. The Balaban J connectivity index is 2.37. The van der Waals surface area contributed by atoms with Crippen molar-refractivity contribution in [3.63, 3.8) is 0 Å². The highest BCUT2D eigenvalue weighted by Crippen LogP contribution is 2.33. The molecule has 2 aromatic rings. The van der Waals surface area contributed by atoms with Gasteiger partial charge in [0.05, 0.1) is 0 Å². The van der Waals surface area contributed by atoms with Crippen molar-refractivity contribution in [3.8, 4) is 0 Å². The molecule has 0 aromatic heterocycles. The molecule has 1 nitrogen and oxygen atoms in total. The van der Waals surface area contributed by atoms with Crippen LogP contribution < -0.4 is 0 Å². The number of rotatable bonds is 5. The van der Waals surface area contributed by atoms with Crippen molar-refractivity contribution in [1.29, 1.82) is 0 Å². The molecule has 0 aliphatic carbocycles. The summed E-state index contributed by atoms with van der Waals surface area (Å²) in [6.07, 6.45) is 0.987. The number of hydrogen-bond acceptors (Lipinski definition) is 1. The monoisotopic (exact) mass is 227 g/mol. The van der Waals surface area contributed by atoms with Crippen LogP contribution in [0, 0.1) is 5.92 Å². The fourth-order valence-electron chi connectivity index (χ4n) is 2.46. The third kappa shape index (κ3) is 2.62. The average Bonchev–Trinajstić information content (AvgIpc) is 2.90. The van der Waals surface area contributed by atoms with Crippen molar-refractivity contribution in [3.05, 3.63) is 65.7 Å². The minimum absolute atomic E-state index is 0.237. The summed E-state index contributed by atoms with van der Waals surface area (Å²) < 4.78 is 0. The SMILES string of the molecule is CC[C@@H](CO)[C@@H](c1ccccc1)c1ccc[cH-]1. The summed E-state index contributed by atoms with van der Waals surface area (Å²) in [4.78, 5) is 0. The van der Waals surface area contributed by atoms with E-state index in [2.05, 4.69) is 55.5 Å². The Morgan fingerprint density at radius 3 is 2.41 bits per heavy atom. The predicted molar refractivity (Wildman–Crippen MR) is 71.2 cm³/mol. The zero-order valence-electron chi connectivity index (χ0n) is 10.2. The van der Waals surface area contributed by atoms with Crippen LogP contribution in [0.1, 0.15) is 30.4 Å². The van der Waals surface area contributed by atoms with E-state index in [1.807, 2.05) is 6.07 Å². The summed E-state index contributed by atoms with van der Waals surface area (Å²) in [5.41, 5.74) is 2.59. The topological polar surface area (TPSA) is 20.2 Å². The lowest BCUT2D eigenvalue weighted by molar-refractivity contribution is 0.209. The minimum atomic E-state index is 0.237. The van der Waals surface area contributed by atoms with E-state index in [1.165, 1.54) is 11.1 Å². The number of benzene rings is 1. The van der Waals surface area contributed by atoms with Gasteiger partial charge in [-0.2, -0.15) is 17.7 Å². The smallest absolute Gasteiger partial charge is 0.0467 e. The Kier molecular flexibility index (Phi) is 4.05. The summed E-state index contributed by atoms with van der Waals surface area (Å²) in [5.74, 6) is 0.598. The molecule has 17 heavy (non-hydrogen) atoms. The molecule has 1 N–H and O–H groups in total. The van der Waals surface area contributed by atoms with E-state index in [9.17, 15) is 5.11 Å². The molecule has 0 aliphatic heterocycles. The number of aliphatic hydroxyl groups excluding tert-OH is 1.